The van der Waals surface area contributed by atoms with Crippen LogP contribution in [0.4, 0.5) is 0 Å². The van der Waals surface area contributed by atoms with Crippen LogP contribution in [0.3, 0.4) is 0 Å². The molecule has 1 unspecified atom stereocenters. The molecule has 0 saturated carbocycles. The Morgan fingerprint density at radius 1 is 0.410 bits per heavy atom. The largest absolute Gasteiger partial charge is 0.469 e. The van der Waals surface area contributed by atoms with E-state index in [0.29, 0.717) is 6.42 Å². The Morgan fingerprint density at radius 3 is 1.00 bits per heavy atom. The smallest absolute Gasteiger partial charge is 0.462 e. The van der Waals surface area contributed by atoms with Gasteiger partial charge in [0.1, 0.15) is 6.61 Å². The van der Waals surface area contributed by atoms with Crippen molar-refractivity contribution in [2.45, 2.75) is 296 Å². The Morgan fingerprint density at radius 2 is 0.689 bits per heavy atom. The highest BCUT2D eigenvalue weighted by atomic mass is 31.2. The number of ether oxygens (including phenoxy) is 2. The molecule has 0 aromatic carbocycles. The van der Waals surface area contributed by atoms with Gasteiger partial charge in [-0.05, 0) is 38.5 Å². The minimum absolute atomic E-state index is 0.215. The molecule has 0 aliphatic rings. The van der Waals surface area contributed by atoms with Gasteiger partial charge >= 0.3 is 19.8 Å². The van der Waals surface area contributed by atoms with E-state index in [1.165, 1.54) is 218 Å². The average molecular weight is 885 g/mol. The molecule has 0 aromatic rings. The van der Waals surface area contributed by atoms with Crippen LogP contribution in [0.2, 0.25) is 0 Å². The van der Waals surface area contributed by atoms with Gasteiger partial charge in [-0.1, -0.05) is 251 Å². The number of phosphoric ester groups is 1. The molecule has 0 aliphatic carbocycles. The number of rotatable bonds is 50. The van der Waals surface area contributed by atoms with Crippen molar-refractivity contribution in [1.29, 1.82) is 0 Å². The molecule has 0 bridgehead atoms. The van der Waals surface area contributed by atoms with E-state index in [1.807, 2.05) is 0 Å². The van der Waals surface area contributed by atoms with E-state index in [4.69, 9.17) is 19.3 Å². The topological polar surface area (TPSA) is 119 Å². The summed E-state index contributed by atoms with van der Waals surface area (Å²) in [7, 11) is -4.76. The van der Waals surface area contributed by atoms with Crippen molar-refractivity contribution >= 4 is 19.8 Å². The zero-order valence-electron chi connectivity index (χ0n) is 40.3. The van der Waals surface area contributed by atoms with E-state index < -0.39 is 32.5 Å². The summed E-state index contributed by atoms with van der Waals surface area (Å²) < 4.78 is 26.6. The van der Waals surface area contributed by atoms with E-state index in [1.54, 1.807) is 0 Å². The van der Waals surface area contributed by atoms with Crippen LogP contribution in [0.15, 0.2) is 12.2 Å². The molecule has 0 rings (SSSR count). The van der Waals surface area contributed by atoms with Gasteiger partial charge < -0.3 is 19.3 Å². The minimum atomic E-state index is -4.76. The van der Waals surface area contributed by atoms with Gasteiger partial charge in [0.15, 0.2) is 6.10 Å². The van der Waals surface area contributed by atoms with Gasteiger partial charge in [0.2, 0.25) is 0 Å². The highest BCUT2D eigenvalue weighted by Crippen LogP contribution is 2.36. The summed E-state index contributed by atoms with van der Waals surface area (Å²) in [5.74, 6) is -0.867. The van der Waals surface area contributed by atoms with Gasteiger partial charge in [0.25, 0.3) is 0 Å². The highest BCUT2D eigenvalue weighted by molar-refractivity contribution is 7.46. The molecule has 0 fully saturated rings. The first-order valence-electron chi connectivity index (χ1n) is 26.5. The van der Waals surface area contributed by atoms with Gasteiger partial charge in [-0.3, -0.25) is 14.1 Å². The maximum absolute atomic E-state index is 12.5. The van der Waals surface area contributed by atoms with Crippen molar-refractivity contribution in [2.75, 3.05) is 13.2 Å². The summed E-state index contributed by atoms with van der Waals surface area (Å²) in [4.78, 5) is 43.1. The molecule has 0 saturated heterocycles. The normalized spacial score (nSPS) is 12.4. The fourth-order valence-corrected chi connectivity index (χ4v) is 8.44. The van der Waals surface area contributed by atoms with Gasteiger partial charge in [0, 0.05) is 12.8 Å². The standard InChI is InChI=1S/C52H101O8P/c1-3-5-7-9-11-13-15-17-19-21-23-25-27-28-30-32-34-36-38-40-42-44-46-51(53)58-48-50(49-59-61(55,56)57)60-52(54)47-45-43-41-39-37-35-33-31-29-26-24-22-20-18-16-14-12-10-8-6-4-2/h22,24,50H,3-21,23,25-49H2,1-2H3,(H2,55,56,57)/b24-22-. The lowest BCUT2D eigenvalue weighted by Crippen LogP contribution is -2.29. The third-order valence-corrected chi connectivity index (χ3v) is 12.5. The Labute approximate surface area is 377 Å². The van der Waals surface area contributed by atoms with E-state index in [-0.39, 0.29) is 19.4 Å². The first kappa shape index (κ1) is 59.8. The Kier molecular flexibility index (Phi) is 47.3. The zero-order valence-corrected chi connectivity index (χ0v) is 41.2. The van der Waals surface area contributed by atoms with E-state index in [0.717, 1.165) is 38.5 Å². The van der Waals surface area contributed by atoms with Crippen LogP contribution in [0.25, 0.3) is 0 Å². The van der Waals surface area contributed by atoms with Crippen LogP contribution >= 0.6 is 7.82 Å². The third-order valence-electron chi connectivity index (χ3n) is 12.0. The van der Waals surface area contributed by atoms with Gasteiger partial charge in [-0.25, -0.2) is 4.57 Å². The second-order valence-electron chi connectivity index (χ2n) is 18.2. The lowest BCUT2D eigenvalue weighted by molar-refractivity contribution is -0.161. The molecule has 0 radical (unpaired) electrons. The Hall–Kier alpha value is -1.21. The third kappa shape index (κ3) is 51.3. The average Bonchev–Trinajstić information content (AvgIpc) is 3.23. The lowest BCUT2D eigenvalue weighted by Gasteiger charge is -2.18. The number of carbonyl (C=O) groups excluding carboxylic acids is 2. The lowest BCUT2D eigenvalue weighted by atomic mass is 10.0. The first-order chi connectivity index (χ1) is 29.8. The number of esters is 2. The molecule has 1 atom stereocenters. The van der Waals surface area contributed by atoms with Crippen LogP contribution in [-0.2, 0) is 28.2 Å². The number of hydrogen-bond donors (Lipinski definition) is 2. The van der Waals surface area contributed by atoms with E-state index >= 15 is 0 Å². The van der Waals surface area contributed by atoms with Crippen molar-refractivity contribution in [3.63, 3.8) is 0 Å². The number of carbonyl (C=O) groups is 2. The molecule has 362 valence electrons. The van der Waals surface area contributed by atoms with Crippen LogP contribution in [0.5, 0.6) is 0 Å². The van der Waals surface area contributed by atoms with Crippen LogP contribution in [-0.4, -0.2) is 41.0 Å². The fraction of sp³-hybridized carbons (Fsp3) is 0.923. The molecule has 61 heavy (non-hydrogen) atoms. The molecule has 0 aliphatic heterocycles. The first-order valence-corrected chi connectivity index (χ1v) is 28.0. The van der Waals surface area contributed by atoms with Gasteiger partial charge in [-0.15, -0.1) is 0 Å². The van der Waals surface area contributed by atoms with Crippen molar-refractivity contribution < 1.29 is 37.9 Å². The maximum Gasteiger partial charge on any atom is 0.469 e. The molecular formula is C52H101O8P. The quantitative estimate of drug-likeness (QED) is 0.0268. The van der Waals surface area contributed by atoms with Crippen molar-refractivity contribution in [1.82, 2.24) is 0 Å². The van der Waals surface area contributed by atoms with Gasteiger partial charge in [0.05, 0.1) is 6.61 Å². The molecule has 0 aromatic heterocycles. The van der Waals surface area contributed by atoms with E-state index in [2.05, 4.69) is 30.5 Å². The van der Waals surface area contributed by atoms with Crippen molar-refractivity contribution in [2.24, 2.45) is 0 Å². The van der Waals surface area contributed by atoms with Crippen molar-refractivity contribution in [3.8, 4) is 0 Å². The maximum atomic E-state index is 12.5. The summed E-state index contributed by atoms with van der Waals surface area (Å²) in [5.41, 5.74) is 0. The predicted octanol–water partition coefficient (Wildman–Crippen LogP) is 16.9. The summed E-state index contributed by atoms with van der Waals surface area (Å²) in [6.07, 6.45) is 56.7. The van der Waals surface area contributed by atoms with Crippen LogP contribution in [0.1, 0.15) is 290 Å². The van der Waals surface area contributed by atoms with Crippen molar-refractivity contribution in [3.05, 3.63) is 12.2 Å². The van der Waals surface area contributed by atoms with Gasteiger partial charge in [-0.2, -0.15) is 0 Å². The van der Waals surface area contributed by atoms with Crippen LogP contribution < -0.4 is 0 Å². The molecule has 0 amide bonds. The molecule has 9 heteroatoms. The second-order valence-corrected chi connectivity index (χ2v) is 19.5. The molecule has 8 nitrogen and oxygen atoms in total. The summed E-state index contributed by atoms with van der Waals surface area (Å²) >= 11 is 0. The Balaban J connectivity index is 3.76. The molecular weight excluding hydrogens is 784 g/mol. The molecule has 2 N–H and O–H groups in total. The fourth-order valence-electron chi connectivity index (χ4n) is 8.08. The predicted molar refractivity (Wildman–Crippen MR) is 258 cm³/mol. The number of allylic oxidation sites excluding steroid dienone is 2. The van der Waals surface area contributed by atoms with E-state index in [9.17, 15) is 14.2 Å². The number of hydrogen-bond acceptors (Lipinski definition) is 6. The summed E-state index contributed by atoms with van der Waals surface area (Å²) in [6.45, 7) is 3.75. The second kappa shape index (κ2) is 48.3. The Bertz CT molecular complexity index is 998. The number of unbranched alkanes of at least 4 members (excludes halogenated alkanes) is 38. The summed E-state index contributed by atoms with van der Waals surface area (Å²) in [6, 6.07) is 0. The zero-order chi connectivity index (χ0) is 44.6. The molecule has 0 heterocycles. The SMILES string of the molecule is CCCCCCCCCC/C=C\CCCCCCCCCCCC(=O)OC(COC(=O)CCCCCCCCCCCCCCCCCCCCCCCC)COP(=O)(O)O. The highest BCUT2D eigenvalue weighted by Gasteiger charge is 2.23. The number of phosphoric acid groups is 1. The minimum Gasteiger partial charge on any atom is -0.462 e. The van der Waals surface area contributed by atoms with Crippen LogP contribution in [0, 0.1) is 0 Å². The summed E-state index contributed by atoms with van der Waals surface area (Å²) in [5, 5.41) is 0. The monoisotopic (exact) mass is 885 g/mol. The molecule has 0 spiro atoms.